The molecule has 0 saturated carbocycles. The van der Waals surface area contributed by atoms with Gasteiger partial charge in [0.25, 0.3) is 5.91 Å². The predicted octanol–water partition coefficient (Wildman–Crippen LogP) is 4.74. The molecule has 0 radical (unpaired) electrons. The Morgan fingerprint density at radius 2 is 1.89 bits per heavy atom. The van der Waals surface area contributed by atoms with E-state index >= 15 is 0 Å². The van der Waals surface area contributed by atoms with Gasteiger partial charge in [-0.3, -0.25) is 9.48 Å². The van der Waals surface area contributed by atoms with E-state index in [0.29, 0.717) is 10.2 Å². The zero-order valence-corrected chi connectivity index (χ0v) is 18.2. The number of nitrogens with zero attached hydrogens (tertiary/aromatic N) is 7. The van der Waals surface area contributed by atoms with Gasteiger partial charge in [0.15, 0.2) is 11.5 Å². The Labute approximate surface area is 195 Å². The van der Waals surface area contributed by atoms with E-state index in [1.165, 1.54) is 56.7 Å². The molecule has 0 aliphatic carbocycles. The predicted molar refractivity (Wildman–Crippen MR) is 116 cm³/mol. The van der Waals surface area contributed by atoms with Gasteiger partial charge in [-0.05, 0) is 37.1 Å². The van der Waals surface area contributed by atoms with Crippen molar-refractivity contribution < 1.29 is 22.4 Å². The van der Waals surface area contributed by atoms with Crippen molar-refractivity contribution in [3.05, 3.63) is 88.7 Å². The lowest BCUT2D eigenvalue weighted by molar-refractivity contribution is -0.144. The molecular weight excluding hydrogens is 468 g/mol. The molecule has 0 aliphatic rings. The molecule has 0 fully saturated rings. The van der Waals surface area contributed by atoms with Crippen molar-refractivity contribution in [2.24, 2.45) is 0 Å². The summed E-state index contributed by atoms with van der Waals surface area (Å²) in [5.74, 6) is -1.58. The summed E-state index contributed by atoms with van der Waals surface area (Å²) in [5, 5.41) is 13.9. The fraction of sp³-hybridized carbons (Fsp3) is 0.182. The van der Waals surface area contributed by atoms with E-state index in [9.17, 15) is 22.4 Å². The highest BCUT2D eigenvalue weighted by molar-refractivity contribution is 6.05. The van der Waals surface area contributed by atoms with Gasteiger partial charge in [0.2, 0.25) is 5.69 Å². The van der Waals surface area contributed by atoms with Gasteiger partial charge >= 0.3 is 6.18 Å². The van der Waals surface area contributed by atoms with Crippen LogP contribution in [0.25, 0.3) is 10.7 Å². The fourth-order valence-corrected chi connectivity index (χ4v) is 3.59. The molecule has 3 aromatic heterocycles. The summed E-state index contributed by atoms with van der Waals surface area (Å²) < 4.78 is 56.8. The number of benzene rings is 1. The molecule has 178 valence electrons. The Kier molecular flexibility index (Phi) is 6.04. The Balaban J connectivity index is 1.69. The maximum atomic E-state index is 14.0. The first-order valence-electron chi connectivity index (χ1n) is 10.1. The SMILES string of the molecule is [C-]#[N+]c1cc(NC(=O)c2cnn(C(C)c3cccc(F)c3C)c2C(F)(F)F)cnc1-n1nccn1. The monoisotopic (exact) mass is 484 g/mol. The van der Waals surface area contributed by atoms with Gasteiger partial charge in [0, 0.05) is 5.69 Å². The van der Waals surface area contributed by atoms with Crippen LogP contribution in [-0.2, 0) is 6.18 Å². The van der Waals surface area contributed by atoms with Crippen LogP contribution in [0.5, 0.6) is 0 Å². The van der Waals surface area contributed by atoms with Crippen molar-refractivity contribution >= 4 is 17.3 Å². The van der Waals surface area contributed by atoms with Crippen molar-refractivity contribution in [2.45, 2.75) is 26.1 Å². The number of hydrogen-bond acceptors (Lipinski definition) is 5. The van der Waals surface area contributed by atoms with Gasteiger partial charge in [-0.1, -0.05) is 12.1 Å². The second kappa shape index (κ2) is 8.98. The fourth-order valence-electron chi connectivity index (χ4n) is 3.59. The topological polar surface area (TPSA) is 94.9 Å². The second-order valence-corrected chi connectivity index (χ2v) is 7.43. The molecule has 0 bridgehead atoms. The number of hydrogen-bond donors (Lipinski definition) is 1. The highest BCUT2D eigenvalue weighted by atomic mass is 19.4. The summed E-state index contributed by atoms with van der Waals surface area (Å²) in [6, 6.07) is 4.32. The van der Waals surface area contributed by atoms with Crippen LogP contribution in [-0.4, -0.2) is 35.7 Å². The van der Waals surface area contributed by atoms with Crippen LogP contribution in [0.1, 0.15) is 40.1 Å². The lowest BCUT2D eigenvalue weighted by atomic mass is 10.0. The molecule has 0 saturated heterocycles. The van der Waals surface area contributed by atoms with Crippen LogP contribution in [0, 0.1) is 19.3 Å². The molecule has 1 aromatic carbocycles. The summed E-state index contributed by atoms with van der Waals surface area (Å²) in [7, 11) is 0. The van der Waals surface area contributed by atoms with E-state index in [2.05, 4.69) is 30.4 Å². The minimum atomic E-state index is -4.94. The molecule has 0 aliphatic heterocycles. The van der Waals surface area contributed by atoms with E-state index in [1.807, 2.05) is 0 Å². The number of pyridine rings is 1. The normalized spacial score (nSPS) is 12.3. The third-order valence-corrected chi connectivity index (χ3v) is 5.27. The number of rotatable bonds is 5. The number of amides is 1. The Morgan fingerprint density at radius 1 is 1.17 bits per heavy atom. The smallest absolute Gasteiger partial charge is 0.322 e. The van der Waals surface area contributed by atoms with Gasteiger partial charge in [-0.15, -0.1) is 4.80 Å². The maximum absolute atomic E-state index is 14.0. The Morgan fingerprint density at radius 3 is 2.54 bits per heavy atom. The summed E-state index contributed by atoms with van der Waals surface area (Å²) >= 11 is 0. The molecule has 1 atom stereocenters. The summed E-state index contributed by atoms with van der Waals surface area (Å²) in [6.07, 6.45) is -0.203. The van der Waals surface area contributed by atoms with Gasteiger partial charge in [-0.25, -0.2) is 14.2 Å². The summed E-state index contributed by atoms with van der Waals surface area (Å²) in [4.78, 5) is 21.3. The number of aromatic nitrogens is 6. The van der Waals surface area contributed by atoms with Crippen LogP contribution < -0.4 is 5.32 Å². The van der Waals surface area contributed by atoms with E-state index in [1.54, 1.807) is 0 Å². The third kappa shape index (κ3) is 4.45. The lowest BCUT2D eigenvalue weighted by Gasteiger charge is -2.20. The molecule has 0 spiro atoms. The van der Waals surface area contributed by atoms with Gasteiger partial charge in [0.05, 0.1) is 43.0 Å². The first kappa shape index (κ1) is 23.6. The molecule has 35 heavy (non-hydrogen) atoms. The van der Waals surface area contributed by atoms with E-state index < -0.39 is 35.2 Å². The number of nitrogens with one attached hydrogen (secondary N) is 1. The minimum absolute atomic E-state index is 0.00759. The van der Waals surface area contributed by atoms with Crippen LogP contribution in [0.2, 0.25) is 0 Å². The van der Waals surface area contributed by atoms with Crippen molar-refractivity contribution in [1.29, 1.82) is 0 Å². The van der Waals surface area contributed by atoms with Crippen molar-refractivity contribution in [1.82, 2.24) is 29.8 Å². The van der Waals surface area contributed by atoms with E-state index in [0.717, 1.165) is 11.0 Å². The molecular formula is C22H16F4N8O. The Hall–Kier alpha value is -4.60. The van der Waals surface area contributed by atoms with Crippen molar-refractivity contribution in [3.8, 4) is 5.82 Å². The number of alkyl halides is 3. The van der Waals surface area contributed by atoms with Crippen LogP contribution in [0.3, 0.4) is 0 Å². The van der Waals surface area contributed by atoms with Gasteiger partial charge in [0.1, 0.15) is 5.82 Å². The number of halogens is 4. The molecule has 4 rings (SSSR count). The summed E-state index contributed by atoms with van der Waals surface area (Å²) in [6.45, 7) is 10.2. The highest BCUT2D eigenvalue weighted by Gasteiger charge is 2.41. The second-order valence-electron chi connectivity index (χ2n) is 7.43. The van der Waals surface area contributed by atoms with Crippen LogP contribution >= 0.6 is 0 Å². The van der Waals surface area contributed by atoms with Crippen molar-refractivity contribution in [2.75, 3.05) is 5.32 Å². The molecule has 13 heteroatoms. The van der Waals surface area contributed by atoms with Gasteiger partial charge in [-0.2, -0.15) is 28.5 Å². The number of carbonyl (C=O) groups is 1. The first-order chi connectivity index (χ1) is 16.6. The van der Waals surface area contributed by atoms with Gasteiger partial charge < -0.3 is 5.32 Å². The highest BCUT2D eigenvalue weighted by Crippen LogP contribution is 2.36. The zero-order chi connectivity index (χ0) is 25.3. The van der Waals surface area contributed by atoms with E-state index in [-0.39, 0.29) is 22.8 Å². The average molecular weight is 484 g/mol. The van der Waals surface area contributed by atoms with E-state index in [4.69, 9.17) is 6.57 Å². The summed E-state index contributed by atoms with van der Waals surface area (Å²) in [5.41, 5.74) is -1.59. The molecule has 9 nitrogen and oxygen atoms in total. The van der Waals surface area contributed by atoms with Crippen LogP contribution in [0.4, 0.5) is 28.9 Å². The minimum Gasteiger partial charge on any atom is -0.322 e. The lowest BCUT2D eigenvalue weighted by Crippen LogP contribution is -2.23. The Bertz CT molecular complexity index is 1440. The molecule has 4 aromatic rings. The quantitative estimate of drug-likeness (QED) is 0.326. The molecule has 1 N–H and O–H groups in total. The molecule has 1 amide bonds. The number of carbonyl (C=O) groups excluding carboxylic acids is 1. The molecule has 3 heterocycles. The number of anilines is 1. The standard InChI is InChI=1S/C22H16F4N8O/c1-12-15(5-4-6-17(12)23)13(2)33-19(22(24,25)26)16(11-31-33)21(35)32-14-9-18(27-3)20(28-10-14)34-29-7-8-30-34/h4-11,13H,1-2H3,(H,32,35). The van der Waals surface area contributed by atoms with Crippen molar-refractivity contribution in [3.63, 3.8) is 0 Å². The molecule has 1 unspecified atom stereocenters. The average Bonchev–Trinajstić information content (AvgIpc) is 3.50. The largest absolute Gasteiger partial charge is 0.433 e. The van der Waals surface area contributed by atoms with Crippen LogP contribution in [0.15, 0.2) is 49.1 Å². The first-order valence-corrected chi connectivity index (χ1v) is 10.1. The third-order valence-electron chi connectivity index (χ3n) is 5.27. The maximum Gasteiger partial charge on any atom is 0.433 e. The zero-order valence-electron chi connectivity index (χ0n) is 18.2.